The number of hydrogen-bond acceptors (Lipinski definition) is 2. The number of benzene rings is 2. The first-order valence-corrected chi connectivity index (χ1v) is 6.40. The Bertz CT molecular complexity index is 568. The van der Waals surface area contributed by atoms with Gasteiger partial charge in [-0.2, -0.15) is 0 Å². The Morgan fingerprint density at radius 3 is 2.63 bits per heavy atom. The summed E-state index contributed by atoms with van der Waals surface area (Å²) in [6.45, 7) is 3.74. The van der Waals surface area contributed by atoms with E-state index in [1.54, 1.807) is 19.1 Å². The van der Waals surface area contributed by atoms with Gasteiger partial charge in [-0.15, -0.1) is 0 Å². The van der Waals surface area contributed by atoms with E-state index in [2.05, 4.69) is 0 Å². The first-order valence-electron chi connectivity index (χ1n) is 6.40. The van der Waals surface area contributed by atoms with E-state index >= 15 is 0 Å². The van der Waals surface area contributed by atoms with Gasteiger partial charge in [0.15, 0.2) is 0 Å². The number of nitrogens with two attached hydrogens (primary N) is 1. The third-order valence-electron chi connectivity index (χ3n) is 3.13. The predicted octanol–water partition coefficient (Wildman–Crippen LogP) is 4.34. The van der Waals surface area contributed by atoms with Crippen molar-refractivity contribution in [3.8, 4) is 11.5 Å². The van der Waals surface area contributed by atoms with E-state index in [1.807, 2.05) is 31.2 Å². The molecule has 0 aliphatic carbocycles. The van der Waals surface area contributed by atoms with Gasteiger partial charge in [-0.3, -0.25) is 0 Å². The zero-order chi connectivity index (χ0) is 13.8. The molecule has 19 heavy (non-hydrogen) atoms. The number of ether oxygens (including phenoxy) is 1. The molecule has 0 aliphatic heterocycles. The number of para-hydroxylation sites is 1. The minimum Gasteiger partial charge on any atom is -0.457 e. The lowest BCUT2D eigenvalue weighted by Gasteiger charge is -2.15. The molecule has 0 fully saturated rings. The van der Waals surface area contributed by atoms with Crippen LogP contribution in [-0.2, 0) is 0 Å². The summed E-state index contributed by atoms with van der Waals surface area (Å²) in [6, 6.07) is 12.4. The van der Waals surface area contributed by atoms with Gasteiger partial charge in [0.2, 0.25) is 0 Å². The SMILES string of the molecule is CCC(N)c1ccccc1Oc1ccc(C)c(F)c1. The predicted molar refractivity (Wildman–Crippen MR) is 74.9 cm³/mol. The van der Waals surface area contributed by atoms with Gasteiger partial charge < -0.3 is 10.5 Å². The molecule has 3 heteroatoms. The molecule has 0 radical (unpaired) electrons. The summed E-state index contributed by atoms with van der Waals surface area (Å²) < 4.78 is 19.3. The quantitative estimate of drug-likeness (QED) is 0.886. The fraction of sp³-hybridized carbons (Fsp3) is 0.250. The summed E-state index contributed by atoms with van der Waals surface area (Å²) in [7, 11) is 0. The molecule has 0 spiro atoms. The van der Waals surface area contributed by atoms with E-state index in [-0.39, 0.29) is 11.9 Å². The van der Waals surface area contributed by atoms with Crippen LogP contribution in [0.4, 0.5) is 4.39 Å². The highest BCUT2D eigenvalue weighted by molar-refractivity contribution is 5.40. The molecule has 100 valence electrons. The maximum absolute atomic E-state index is 13.5. The molecule has 2 aromatic carbocycles. The van der Waals surface area contributed by atoms with Crippen LogP contribution < -0.4 is 10.5 Å². The van der Waals surface area contributed by atoms with Gasteiger partial charge in [0.25, 0.3) is 0 Å². The van der Waals surface area contributed by atoms with Gasteiger partial charge in [0.1, 0.15) is 17.3 Å². The van der Waals surface area contributed by atoms with Crippen LogP contribution in [0.15, 0.2) is 42.5 Å². The zero-order valence-corrected chi connectivity index (χ0v) is 11.2. The van der Waals surface area contributed by atoms with Crippen LogP contribution in [-0.4, -0.2) is 0 Å². The van der Waals surface area contributed by atoms with Crippen molar-refractivity contribution in [1.29, 1.82) is 0 Å². The normalized spacial score (nSPS) is 12.2. The van der Waals surface area contributed by atoms with Crippen LogP contribution in [0, 0.1) is 12.7 Å². The molecule has 0 saturated carbocycles. The van der Waals surface area contributed by atoms with Crippen LogP contribution in [0.25, 0.3) is 0 Å². The highest BCUT2D eigenvalue weighted by Crippen LogP contribution is 2.30. The summed E-state index contributed by atoms with van der Waals surface area (Å²) in [6.07, 6.45) is 0.822. The molecule has 0 bridgehead atoms. The lowest BCUT2D eigenvalue weighted by atomic mass is 10.0. The van der Waals surface area contributed by atoms with Crippen LogP contribution in [0.3, 0.4) is 0 Å². The first kappa shape index (κ1) is 13.6. The molecule has 0 saturated heterocycles. The Labute approximate surface area is 113 Å². The lowest BCUT2D eigenvalue weighted by Crippen LogP contribution is -2.09. The van der Waals surface area contributed by atoms with Crippen LogP contribution >= 0.6 is 0 Å². The molecule has 0 amide bonds. The average Bonchev–Trinajstić information content (AvgIpc) is 2.43. The highest BCUT2D eigenvalue weighted by Gasteiger charge is 2.11. The summed E-state index contributed by atoms with van der Waals surface area (Å²) in [4.78, 5) is 0. The van der Waals surface area contributed by atoms with E-state index in [0.717, 1.165) is 12.0 Å². The van der Waals surface area contributed by atoms with Crippen molar-refractivity contribution in [3.05, 3.63) is 59.4 Å². The molecule has 2 nitrogen and oxygen atoms in total. The zero-order valence-electron chi connectivity index (χ0n) is 11.2. The molecule has 2 N–H and O–H groups in total. The second-order valence-corrected chi connectivity index (χ2v) is 4.57. The Morgan fingerprint density at radius 1 is 1.21 bits per heavy atom. The molecule has 0 aliphatic rings. The minimum atomic E-state index is -0.269. The van der Waals surface area contributed by atoms with Crippen molar-refractivity contribution in [2.45, 2.75) is 26.3 Å². The minimum absolute atomic E-state index is 0.0773. The smallest absolute Gasteiger partial charge is 0.132 e. The van der Waals surface area contributed by atoms with Gasteiger partial charge in [0.05, 0.1) is 0 Å². The van der Waals surface area contributed by atoms with Crippen molar-refractivity contribution in [3.63, 3.8) is 0 Å². The summed E-state index contributed by atoms with van der Waals surface area (Å²) >= 11 is 0. The summed E-state index contributed by atoms with van der Waals surface area (Å²) in [5.41, 5.74) is 7.59. The maximum atomic E-state index is 13.5. The topological polar surface area (TPSA) is 35.2 Å². The molecular weight excluding hydrogens is 241 g/mol. The fourth-order valence-electron chi connectivity index (χ4n) is 1.86. The van der Waals surface area contributed by atoms with E-state index in [4.69, 9.17) is 10.5 Å². The Morgan fingerprint density at radius 2 is 1.95 bits per heavy atom. The largest absolute Gasteiger partial charge is 0.457 e. The molecular formula is C16H18FNO. The van der Waals surface area contributed by atoms with Gasteiger partial charge in [-0.25, -0.2) is 4.39 Å². The van der Waals surface area contributed by atoms with Crippen molar-refractivity contribution < 1.29 is 9.13 Å². The second-order valence-electron chi connectivity index (χ2n) is 4.57. The van der Waals surface area contributed by atoms with E-state index in [9.17, 15) is 4.39 Å². The van der Waals surface area contributed by atoms with Gasteiger partial charge in [-0.05, 0) is 31.0 Å². The van der Waals surface area contributed by atoms with Gasteiger partial charge >= 0.3 is 0 Å². The van der Waals surface area contributed by atoms with Crippen LogP contribution in [0.1, 0.15) is 30.5 Å². The standard InChI is InChI=1S/C16H18FNO/c1-3-15(18)13-6-4-5-7-16(13)19-12-9-8-11(2)14(17)10-12/h4-10,15H,3,18H2,1-2H3. The maximum Gasteiger partial charge on any atom is 0.132 e. The van der Waals surface area contributed by atoms with Crippen molar-refractivity contribution in [2.24, 2.45) is 5.73 Å². The Kier molecular flexibility index (Phi) is 4.17. The monoisotopic (exact) mass is 259 g/mol. The summed E-state index contributed by atoms with van der Waals surface area (Å²) in [5.74, 6) is 0.897. The first-order chi connectivity index (χ1) is 9.11. The molecule has 0 aromatic heterocycles. The Balaban J connectivity index is 2.30. The number of aryl methyl sites for hydroxylation is 1. The third-order valence-corrected chi connectivity index (χ3v) is 3.13. The average molecular weight is 259 g/mol. The molecule has 2 rings (SSSR count). The fourth-order valence-corrected chi connectivity index (χ4v) is 1.86. The van der Waals surface area contributed by atoms with E-state index in [0.29, 0.717) is 17.1 Å². The molecule has 1 atom stereocenters. The summed E-state index contributed by atoms with van der Waals surface area (Å²) in [5, 5.41) is 0. The molecule has 1 unspecified atom stereocenters. The Hall–Kier alpha value is -1.87. The van der Waals surface area contributed by atoms with Gasteiger partial charge in [0, 0.05) is 17.7 Å². The number of halogens is 1. The molecule has 2 aromatic rings. The van der Waals surface area contributed by atoms with Crippen molar-refractivity contribution >= 4 is 0 Å². The third kappa shape index (κ3) is 3.12. The second kappa shape index (κ2) is 5.85. The van der Waals surface area contributed by atoms with Crippen molar-refractivity contribution in [1.82, 2.24) is 0 Å². The number of rotatable bonds is 4. The highest BCUT2D eigenvalue weighted by atomic mass is 19.1. The number of hydrogen-bond donors (Lipinski definition) is 1. The van der Waals surface area contributed by atoms with Gasteiger partial charge in [-0.1, -0.05) is 31.2 Å². The molecule has 0 heterocycles. The van der Waals surface area contributed by atoms with Crippen LogP contribution in [0.5, 0.6) is 11.5 Å². The van der Waals surface area contributed by atoms with Crippen LogP contribution in [0.2, 0.25) is 0 Å². The van der Waals surface area contributed by atoms with E-state index < -0.39 is 0 Å². The van der Waals surface area contributed by atoms with E-state index in [1.165, 1.54) is 6.07 Å². The lowest BCUT2D eigenvalue weighted by molar-refractivity contribution is 0.463. The van der Waals surface area contributed by atoms with Crippen molar-refractivity contribution in [2.75, 3.05) is 0 Å².